The van der Waals surface area contributed by atoms with Crippen molar-refractivity contribution in [3.8, 4) is 0 Å². The van der Waals surface area contributed by atoms with Gasteiger partial charge in [-0.2, -0.15) is 0 Å². The summed E-state index contributed by atoms with van der Waals surface area (Å²) in [6.07, 6.45) is 4.15. The fraction of sp³-hybridized carbons (Fsp3) is 0.500. The number of hydrogen-bond donors (Lipinski definition) is 4. The number of anilines is 1. The maximum absolute atomic E-state index is 8.88. The lowest BCUT2D eigenvalue weighted by molar-refractivity contribution is 0.275. The van der Waals surface area contributed by atoms with E-state index < -0.39 is 7.82 Å². The molecule has 0 fully saturated rings. The fourth-order valence-corrected chi connectivity index (χ4v) is 3.03. The summed E-state index contributed by atoms with van der Waals surface area (Å²) in [4.78, 5) is 28.5. The number of nitrogens with one attached hydrogen (secondary N) is 1. The van der Waals surface area contributed by atoms with E-state index in [1.165, 1.54) is 6.42 Å². The van der Waals surface area contributed by atoms with Crippen molar-refractivity contribution in [2.75, 3.05) is 25.0 Å². The zero-order chi connectivity index (χ0) is 20.4. The zero-order valence-corrected chi connectivity index (χ0v) is 17.6. The average Bonchev–Trinajstić information content (AvgIpc) is 2.57. The molecule has 0 saturated heterocycles. The van der Waals surface area contributed by atoms with Crippen molar-refractivity contribution in [3.63, 3.8) is 0 Å². The van der Waals surface area contributed by atoms with E-state index in [0.717, 1.165) is 47.7 Å². The van der Waals surface area contributed by atoms with Crippen LogP contribution in [0.4, 0.5) is 5.82 Å². The number of nitrogens with zero attached hydrogens (tertiary/aromatic N) is 2. The number of aromatic nitrogens is 1. The highest BCUT2D eigenvalue weighted by Crippen LogP contribution is 2.29. The Morgan fingerprint density at radius 3 is 2.44 bits per heavy atom. The van der Waals surface area contributed by atoms with Gasteiger partial charge in [0.15, 0.2) is 0 Å². The normalized spacial score (nSPS) is 12.6. The molecule has 1 aromatic carbocycles. The molecule has 1 unspecified atom stereocenters. The van der Waals surface area contributed by atoms with Crippen LogP contribution >= 0.6 is 19.4 Å². The van der Waals surface area contributed by atoms with Gasteiger partial charge in [0.05, 0.1) is 5.02 Å². The molecule has 0 radical (unpaired) electrons. The maximum atomic E-state index is 8.88. The van der Waals surface area contributed by atoms with Crippen molar-refractivity contribution < 1.29 is 19.2 Å². The van der Waals surface area contributed by atoms with Crippen molar-refractivity contribution in [1.29, 1.82) is 0 Å². The van der Waals surface area contributed by atoms with Crippen molar-refractivity contribution in [2.45, 2.75) is 39.7 Å². The molecule has 1 atom stereocenters. The topological polar surface area (TPSA) is 106 Å². The minimum Gasteiger partial charge on any atom is -0.367 e. The van der Waals surface area contributed by atoms with Gasteiger partial charge >= 0.3 is 7.82 Å². The lowest BCUT2D eigenvalue weighted by Crippen LogP contribution is -2.25. The van der Waals surface area contributed by atoms with E-state index in [2.05, 4.69) is 42.0 Å². The Bertz CT molecular complexity index is 739. The van der Waals surface area contributed by atoms with Crippen molar-refractivity contribution in [2.24, 2.45) is 0 Å². The first kappa shape index (κ1) is 23.8. The van der Waals surface area contributed by atoms with Crippen LogP contribution in [-0.4, -0.2) is 50.2 Å². The van der Waals surface area contributed by atoms with Crippen LogP contribution in [0.1, 0.15) is 33.6 Å². The molecule has 0 aliphatic rings. The molecule has 152 valence electrons. The predicted molar refractivity (Wildman–Crippen MR) is 111 cm³/mol. The molecule has 4 N–H and O–H groups in total. The summed E-state index contributed by atoms with van der Waals surface area (Å²) < 4.78 is 8.88. The van der Waals surface area contributed by atoms with Gasteiger partial charge < -0.3 is 24.9 Å². The van der Waals surface area contributed by atoms with Gasteiger partial charge in [-0.15, -0.1) is 0 Å². The highest BCUT2D eigenvalue weighted by molar-refractivity contribution is 7.45. The second-order valence-corrected chi connectivity index (χ2v) is 7.66. The molecule has 0 amide bonds. The van der Waals surface area contributed by atoms with Crippen LogP contribution in [0.2, 0.25) is 5.02 Å². The van der Waals surface area contributed by atoms with E-state index in [1.807, 2.05) is 24.4 Å². The van der Waals surface area contributed by atoms with Crippen LogP contribution in [0.25, 0.3) is 10.8 Å². The average molecular weight is 418 g/mol. The summed E-state index contributed by atoms with van der Waals surface area (Å²) >= 11 is 6.34. The van der Waals surface area contributed by atoms with Crippen LogP contribution in [0, 0.1) is 0 Å². The molecule has 1 aromatic heterocycles. The molecule has 0 spiro atoms. The monoisotopic (exact) mass is 417 g/mol. The summed E-state index contributed by atoms with van der Waals surface area (Å²) in [5, 5.41) is 6.42. The molecule has 27 heavy (non-hydrogen) atoms. The second kappa shape index (κ2) is 11.6. The summed E-state index contributed by atoms with van der Waals surface area (Å²) in [7, 11) is -4.64. The number of rotatable bonds is 8. The third-order valence-electron chi connectivity index (χ3n) is 4.13. The van der Waals surface area contributed by atoms with E-state index in [1.54, 1.807) is 0 Å². The van der Waals surface area contributed by atoms with Crippen LogP contribution in [0.5, 0.6) is 0 Å². The first-order valence-corrected chi connectivity index (χ1v) is 10.9. The minimum absolute atomic E-state index is 0.380. The Balaban J connectivity index is 0.000000646. The minimum atomic E-state index is -4.64. The number of benzene rings is 1. The summed E-state index contributed by atoms with van der Waals surface area (Å²) in [6, 6.07) is 8.34. The summed E-state index contributed by atoms with van der Waals surface area (Å²) in [5.74, 6) is 0.887. The number of fused-ring (bicyclic) bond motifs is 1. The van der Waals surface area contributed by atoms with Crippen LogP contribution in [-0.2, 0) is 4.57 Å². The lowest BCUT2D eigenvalue weighted by Gasteiger charge is -2.20. The third kappa shape index (κ3) is 9.51. The number of pyridine rings is 1. The van der Waals surface area contributed by atoms with E-state index in [-0.39, 0.29) is 0 Å². The van der Waals surface area contributed by atoms with Crippen LogP contribution in [0.15, 0.2) is 30.5 Å². The summed E-state index contributed by atoms with van der Waals surface area (Å²) in [6.45, 7) is 10.0. The van der Waals surface area contributed by atoms with Gasteiger partial charge in [-0.05, 0) is 56.9 Å². The lowest BCUT2D eigenvalue weighted by atomic mass is 10.1. The molecule has 9 heteroatoms. The van der Waals surface area contributed by atoms with Crippen molar-refractivity contribution >= 4 is 36.0 Å². The second-order valence-electron chi connectivity index (χ2n) is 6.23. The van der Waals surface area contributed by atoms with E-state index in [0.29, 0.717) is 6.04 Å². The number of halogens is 1. The van der Waals surface area contributed by atoms with E-state index in [4.69, 9.17) is 30.8 Å². The quantitative estimate of drug-likeness (QED) is 0.483. The van der Waals surface area contributed by atoms with Crippen LogP contribution in [0.3, 0.4) is 0 Å². The Hall–Kier alpha value is -1.21. The molecular formula is C18H29ClN3O4P. The zero-order valence-electron chi connectivity index (χ0n) is 16.0. The molecule has 0 bridgehead atoms. The highest BCUT2D eigenvalue weighted by atomic mass is 35.5. The van der Waals surface area contributed by atoms with Gasteiger partial charge in [0.2, 0.25) is 0 Å². The Morgan fingerprint density at radius 1 is 1.22 bits per heavy atom. The van der Waals surface area contributed by atoms with E-state index in [9.17, 15) is 0 Å². The van der Waals surface area contributed by atoms with Gasteiger partial charge in [-0.1, -0.05) is 37.6 Å². The maximum Gasteiger partial charge on any atom is 0.466 e. The molecule has 2 rings (SSSR count). The highest BCUT2D eigenvalue weighted by Gasteiger charge is 2.10. The van der Waals surface area contributed by atoms with Crippen LogP contribution < -0.4 is 5.32 Å². The van der Waals surface area contributed by atoms with E-state index >= 15 is 0 Å². The molecule has 0 aliphatic heterocycles. The van der Waals surface area contributed by atoms with Crippen molar-refractivity contribution in [3.05, 3.63) is 35.5 Å². The Morgan fingerprint density at radius 2 is 1.85 bits per heavy atom. The largest absolute Gasteiger partial charge is 0.466 e. The molecule has 7 nitrogen and oxygen atoms in total. The molecule has 1 heterocycles. The number of phosphoric acid groups is 1. The SMILES string of the molecule is CCN(CC)CCCC(C)Nc1nccc2cccc(Cl)c12.O=P(O)(O)O. The fourth-order valence-electron chi connectivity index (χ4n) is 2.76. The third-order valence-corrected chi connectivity index (χ3v) is 4.44. The first-order chi connectivity index (χ1) is 12.7. The Labute approximate surface area is 165 Å². The predicted octanol–water partition coefficient (Wildman–Crippen LogP) is 3.88. The van der Waals surface area contributed by atoms with Gasteiger partial charge in [0.25, 0.3) is 0 Å². The smallest absolute Gasteiger partial charge is 0.367 e. The Kier molecular flexibility index (Phi) is 10.2. The molecule has 0 aliphatic carbocycles. The van der Waals surface area contributed by atoms with Crippen molar-refractivity contribution in [1.82, 2.24) is 9.88 Å². The summed E-state index contributed by atoms with van der Waals surface area (Å²) in [5.41, 5.74) is 0. The first-order valence-electron chi connectivity index (χ1n) is 8.96. The molecule has 2 aromatic rings. The number of hydrogen-bond acceptors (Lipinski definition) is 4. The van der Waals surface area contributed by atoms with Gasteiger partial charge in [0, 0.05) is 17.6 Å². The van der Waals surface area contributed by atoms with Gasteiger partial charge in [-0.25, -0.2) is 9.55 Å². The standard InChI is InChI=1S/C18H26ClN3.H3O4P/c1-4-22(5-2)13-7-8-14(3)21-18-17-15(11-12-20-18)9-6-10-16(17)19;1-5(2,3)4/h6,9-12,14H,4-5,7-8,13H2,1-3H3,(H,20,21);(H3,1,2,3,4). The van der Waals surface area contributed by atoms with Gasteiger partial charge in [-0.3, -0.25) is 0 Å². The molecule has 0 saturated carbocycles. The van der Waals surface area contributed by atoms with Gasteiger partial charge in [0.1, 0.15) is 5.82 Å². The molecular weight excluding hydrogens is 389 g/mol.